The van der Waals surface area contributed by atoms with Gasteiger partial charge in [0.1, 0.15) is 16.9 Å². The Morgan fingerprint density at radius 3 is 1.98 bits per heavy atom. The van der Waals surface area contributed by atoms with Crippen LogP contribution < -0.4 is 32.7 Å². The van der Waals surface area contributed by atoms with E-state index in [1.165, 1.54) is 0 Å². The Morgan fingerprint density at radius 1 is 0.927 bits per heavy atom. The van der Waals surface area contributed by atoms with Crippen molar-refractivity contribution in [3.63, 3.8) is 0 Å². The van der Waals surface area contributed by atoms with Gasteiger partial charge in [-0.05, 0) is 81.8 Å². The molecule has 0 aromatic carbocycles. The molecule has 0 unspecified atom stereocenters. The third-order valence-electron chi connectivity index (χ3n) is 7.96. The Bertz CT molecular complexity index is 1460. The van der Waals surface area contributed by atoms with Crippen molar-refractivity contribution in [2.24, 2.45) is 39.2 Å². The van der Waals surface area contributed by atoms with Gasteiger partial charge in [0.05, 0.1) is 23.5 Å². The zero-order valence-electron chi connectivity index (χ0n) is 20.6. The molecule has 5 heterocycles. The average molecular weight is 847 g/mol. The molecule has 1 saturated carbocycles. The number of H-pyrrole nitrogens is 2. The lowest BCUT2D eigenvalue weighted by Crippen LogP contribution is -2.75. The number of nitrogens with zero attached hydrogens (tertiary/aromatic N) is 2. The summed E-state index contributed by atoms with van der Waals surface area (Å²) in [7, 11) is 0. The lowest BCUT2D eigenvalue weighted by molar-refractivity contribution is -0.233. The number of halogens is 5. The predicted octanol–water partition coefficient (Wildman–Crippen LogP) is 0.968. The summed E-state index contributed by atoms with van der Waals surface area (Å²) in [4.78, 5) is 40.7. The number of aliphatic imine (C=N–C) groups is 2. The van der Waals surface area contributed by atoms with Crippen molar-refractivity contribution in [2.45, 2.75) is 29.1 Å². The molecule has 4 aliphatic rings. The molecule has 41 heavy (non-hydrogen) atoms. The number of guanidine groups is 2. The van der Waals surface area contributed by atoms with E-state index >= 15 is 0 Å². The zero-order valence-corrected chi connectivity index (χ0v) is 27.7. The summed E-state index contributed by atoms with van der Waals surface area (Å²) in [6, 6.07) is 3.28. The van der Waals surface area contributed by atoms with E-state index < -0.39 is 46.9 Å². The highest BCUT2D eigenvalue weighted by Crippen LogP contribution is 2.58. The molecule has 2 amide bonds. The summed E-state index contributed by atoms with van der Waals surface area (Å²) < 4.78 is 8.67. The number of carbonyl (C=O) groups is 2. The SMILES string of the molecule is NC1=N[C@@H]2O[C@@H]3N=C(N)N[C@]34[C@H]([C@@H](CNC(=O)c3cc(Br)c(Br)[nH]3)[C@@H](CNC(=O)c3cc(Br)c(Br)[nH]3)[C@@H]4Cl)[C@]2(O)N1. The van der Waals surface area contributed by atoms with E-state index in [-0.39, 0.29) is 36.8 Å². The van der Waals surface area contributed by atoms with E-state index in [2.05, 4.69) is 105 Å². The van der Waals surface area contributed by atoms with Gasteiger partial charge in [0.15, 0.2) is 23.9 Å². The third-order valence-corrected chi connectivity index (χ3v) is 12.2. The van der Waals surface area contributed by atoms with Crippen LogP contribution in [-0.4, -0.2) is 81.0 Å². The van der Waals surface area contributed by atoms with Gasteiger partial charge in [-0.3, -0.25) is 9.59 Å². The minimum absolute atomic E-state index is 0.0146. The molecule has 8 atom stereocenters. The predicted molar refractivity (Wildman–Crippen MR) is 163 cm³/mol. The summed E-state index contributed by atoms with van der Waals surface area (Å²) in [6.07, 6.45) is -2.03. The normalized spacial score (nSPS) is 35.0. The number of hydrogen-bond donors (Lipinski definition) is 9. The minimum atomic E-state index is -1.82. The van der Waals surface area contributed by atoms with Crippen LogP contribution in [0, 0.1) is 17.8 Å². The molecule has 19 heteroatoms. The first kappa shape index (κ1) is 29.3. The van der Waals surface area contributed by atoms with Crippen LogP contribution in [-0.2, 0) is 4.74 Å². The van der Waals surface area contributed by atoms with Crippen LogP contribution >= 0.6 is 75.3 Å². The van der Waals surface area contributed by atoms with E-state index in [0.717, 1.165) is 0 Å². The van der Waals surface area contributed by atoms with Gasteiger partial charge < -0.3 is 52.5 Å². The van der Waals surface area contributed by atoms with Crippen LogP contribution in [0.1, 0.15) is 21.0 Å². The number of aromatic amines is 2. The average Bonchev–Trinajstić information content (AvgIpc) is 3.66. The van der Waals surface area contributed by atoms with Crippen LogP contribution in [0.2, 0.25) is 0 Å². The highest BCUT2D eigenvalue weighted by molar-refractivity contribution is 9.13. The second-order valence-electron chi connectivity index (χ2n) is 10.2. The molecule has 2 fully saturated rings. The Hall–Kier alpha value is -1.83. The fraction of sp³-hybridized carbons (Fsp3) is 0.455. The monoisotopic (exact) mass is 842 g/mol. The molecule has 0 radical (unpaired) electrons. The highest BCUT2D eigenvalue weighted by Gasteiger charge is 2.76. The Morgan fingerprint density at radius 2 is 1.44 bits per heavy atom. The first-order chi connectivity index (χ1) is 19.3. The molecule has 0 bridgehead atoms. The summed E-state index contributed by atoms with van der Waals surface area (Å²) in [5.74, 6) is -2.53. The Labute approximate surface area is 271 Å². The largest absolute Gasteiger partial charge is 0.370 e. The van der Waals surface area contributed by atoms with Crippen molar-refractivity contribution in [1.82, 2.24) is 31.2 Å². The highest BCUT2D eigenvalue weighted by atomic mass is 79.9. The fourth-order valence-corrected chi connectivity index (χ4v) is 8.25. The topological polar surface area (TPSA) is 220 Å². The fourth-order valence-electron chi connectivity index (χ4n) is 6.36. The van der Waals surface area contributed by atoms with Crippen molar-refractivity contribution in [2.75, 3.05) is 13.1 Å². The van der Waals surface area contributed by atoms with Gasteiger partial charge in [-0.25, -0.2) is 9.98 Å². The van der Waals surface area contributed by atoms with E-state index in [0.29, 0.717) is 29.5 Å². The van der Waals surface area contributed by atoms with Gasteiger partial charge in [0.2, 0.25) is 6.23 Å². The van der Waals surface area contributed by atoms with Gasteiger partial charge >= 0.3 is 0 Å². The van der Waals surface area contributed by atoms with Crippen LogP contribution in [0.15, 0.2) is 40.3 Å². The molecule has 220 valence electrons. The number of fused-ring (bicyclic) bond motifs is 2. The van der Waals surface area contributed by atoms with Crippen LogP contribution in [0.4, 0.5) is 0 Å². The van der Waals surface area contributed by atoms with E-state index in [1.807, 2.05) is 0 Å². The molecule has 6 rings (SSSR count). The smallest absolute Gasteiger partial charge is 0.267 e. The third kappa shape index (κ3) is 4.60. The van der Waals surface area contributed by atoms with Crippen LogP contribution in [0.25, 0.3) is 0 Å². The van der Waals surface area contributed by atoms with Crippen molar-refractivity contribution in [1.29, 1.82) is 0 Å². The van der Waals surface area contributed by atoms with E-state index in [1.54, 1.807) is 12.1 Å². The number of nitrogens with one attached hydrogen (secondary N) is 6. The number of ether oxygens (including phenoxy) is 1. The summed E-state index contributed by atoms with van der Waals surface area (Å²) in [5.41, 5.74) is 9.70. The number of aliphatic hydroxyl groups is 1. The molecule has 2 aromatic rings. The van der Waals surface area contributed by atoms with Crippen molar-refractivity contribution in [3.8, 4) is 0 Å². The molecule has 1 spiro atoms. The number of nitrogens with two attached hydrogens (primary N) is 2. The van der Waals surface area contributed by atoms with Gasteiger partial charge in [0, 0.05) is 24.9 Å². The van der Waals surface area contributed by atoms with Crippen molar-refractivity contribution >= 4 is 99.1 Å². The summed E-state index contributed by atoms with van der Waals surface area (Å²) >= 11 is 20.6. The second-order valence-corrected chi connectivity index (χ2v) is 14.0. The molecule has 1 saturated heterocycles. The van der Waals surface area contributed by atoms with Gasteiger partial charge in [-0.1, -0.05) is 0 Å². The molecule has 14 nitrogen and oxygen atoms in total. The molecule has 3 aliphatic heterocycles. The van der Waals surface area contributed by atoms with Crippen LogP contribution in [0.3, 0.4) is 0 Å². The lowest BCUT2D eigenvalue weighted by Gasteiger charge is -2.51. The zero-order chi connectivity index (χ0) is 29.4. The Balaban J connectivity index is 1.34. The summed E-state index contributed by atoms with van der Waals surface area (Å²) in [6.45, 7) is 0.152. The molecule has 11 N–H and O–H groups in total. The molecular formula is C22H23Br4ClN10O4. The number of amides is 2. The number of hydrogen-bond acceptors (Lipinski definition) is 10. The Kier molecular flexibility index (Phi) is 7.43. The maximum Gasteiger partial charge on any atom is 0.267 e. The van der Waals surface area contributed by atoms with E-state index in [9.17, 15) is 14.7 Å². The molecule has 2 aromatic heterocycles. The molecular weight excluding hydrogens is 823 g/mol. The molecule has 1 aliphatic carbocycles. The quantitative estimate of drug-likeness (QED) is 0.191. The first-order valence-corrected chi connectivity index (χ1v) is 15.8. The number of carbonyl (C=O) groups excluding carboxylic acids is 2. The number of rotatable bonds is 6. The first-order valence-electron chi connectivity index (χ1n) is 12.2. The van der Waals surface area contributed by atoms with Crippen molar-refractivity contribution < 1.29 is 19.4 Å². The second kappa shape index (κ2) is 10.4. The maximum absolute atomic E-state index is 13.1. The van der Waals surface area contributed by atoms with E-state index in [4.69, 9.17) is 27.8 Å². The number of alkyl halides is 1. The maximum atomic E-state index is 13.1. The van der Waals surface area contributed by atoms with Gasteiger partial charge in [0.25, 0.3) is 11.8 Å². The van der Waals surface area contributed by atoms with Crippen molar-refractivity contribution in [3.05, 3.63) is 41.7 Å². The number of aromatic nitrogens is 2. The van der Waals surface area contributed by atoms with Crippen LogP contribution in [0.5, 0.6) is 0 Å². The van der Waals surface area contributed by atoms with Gasteiger partial charge in [-0.2, -0.15) is 0 Å². The standard InChI is InChI=1S/C22H23Br4ClN10O4/c23-7-1-9(32-13(7)25)15(38)30-3-5-6(4-31-16(39)10-2-8(24)14(26)33-10)12(27)21-11(5)22(40)18(35-20(29)37-22)41-17(21)34-19(28)36-21/h1-2,5-6,11-12,17-18,32-33,40H,3-4H2,(H,30,38)(H,31,39)(H3,28,34,36)(H3,29,35,37)/t5-,6+,11-,12-,17-,18+,21-,22+/m0/s1. The summed E-state index contributed by atoms with van der Waals surface area (Å²) in [5, 5.41) is 23.2. The van der Waals surface area contributed by atoms with Gasteiger partial charge in [-0.15, -0.1) is 11.6 Å². The minimum Gasteiger partial charge on any atom is -0.370 e. The lowest BCUT2D eigenvalue weighted by atomic mass is 9.71.